The van der Waals surface area contributed by atoms with Crippen molar-refractivity contribution < 1.29 is 17.9 Å². The van der Waals surface area contributed by atoms with Gasteiger partial charge in [-0.3, -0.25) is 4.79 Å². The van der Waals surface area contributed by atoms with Gasteiger partial charge < -0.3 is 10.1 Å². The van der Waals surface area contributed by atoms with Crippen LogP contribution in [-0.4, -0.2) is 27.0 Å². The lowest BCUT2D eigenvalue weighted by atomic mass is 10.1. The third-order valence-electron chi connectivity index (χ3n) is 5.21. The van der Waals surface area contributed by atoms with E-state index >= 15 is 0 Å². The van der Waals surface area contributed by atoms with Crippen LogP contribution in [0.4, 0.5) is 5.69 Å². The first kappa shape index (κ1) is 22.0. The summed E-state index contributed by atoms with van der Waals surface area (Å²) in [6.07, 6.45) is 0.875. The molecule has 1 aliphatic carbocycles. The fourth-order valence-corrected chi connectivity index (χ4v) is 5.51. The van der Waals surface area contributed by atoms with Crippen LogP contribution in [0.15, 0.2) is 65.6 Å². The van der Waals surface area contributed by atoms with E-state index in [1.807, 2.05) is 30.3 Å². The summed E-state index contributed by atoms with van der Waals surface area (Å²) in [4.78, 5) is 12.9. The van der Waals surface area contributed by atoms with E-state index in [0.29, 0.717) is 5.69 Å². The summed E-state index contributed by atoms with van der Waals surface area (Å²) in [5.41, 5.74) is 4.95. The van der Waals surface area contributed by atoms with Crippen LogP contribution in [-0.2, 0) is 16.4 Å². The Labute approximate surface area is 188 Å². The van der Waals surface area contributed by atoms with Gasteiger partial charge in [-0.25, -0.2) is 13.1 Å². The van der Waals surface area contributed by atoms with Gasteiger partial charge in [0.15, 0.2) is 0 Å². The van der Waals surface area contributed by atoms with Crippen molar-refractivity contribution in [3.63, 3.8) is 0 Å². The van der Waals surface area contributed by atoms with Gasteiger partial charge in [-0.2, -0.15) is 0 Å². The van der Waals surface area contributed by atoms with Crippen LogP contribution in [0.5, 0.6) is 5.75 Å². The Hall–Kier alpha value is -3.16. The molecule has 0 bridgehead atoms. The first-order valence-electron chi connectivity index (χ1n) is 10.3. The first-order chi connectivity index (χ1) is 15.1. The number of amides is 1. The second kappa shape index (κ2) is 8.07. The zero-order valence-electron chi connectivity index (χ0n) is 18.5. The standard InChI is InChI=1S/C25H26N2O4S/c1-25(2,3)27-32(29,30)23-14-18(10-12-22(23)31-4)24(28)26-19-11-9-17-13-16-7-5-6-8-20(16)21(17)15-19/h5-12,14-15,27H,13H2,1-4H3,(H,26,28). The van der Waals surface area contributed by atoms with Crippen molar-refractivity contribution in [2.24, 2.45) is 0 Å². The Morgan fingerprint density at radius 3 is 2.38 bits per heavy atom. The van der Waals surface area contributed by atoms with Crippen molar-refractivity contribution in [2.45, 2.75) is 37.6 Å². The van der Waals surface area contributed by atoms with Crippen LogP contribution in [0.25, 0.3) is 11.1 Å². The molecule has 0 saturated carbocycles. The number of hydrogen-bond donors (Lipinski definition) is 2. The molecule has 0 radical (unpaired) electrons. The molecule has 0 aliphatic heterocycles. The highest BCUT2D eigenvalue weighted by Gasteiger charge is 2.26. The van der Waals surface area contributed by atoms with Crippen molar-refractivity contribution in [2.75, 3.05) is 12.4 Å². The van der Waals surface area contributed by atoms with Gasteiger partial charge in [0.1, 0.15) is 10.6 Å². The molecule has 2 N–H and O–H groups in total. The van der Waals surface area contributed by atoms with E-state index in [9.17, 15) is 13.2 Å². The van der Waals surface area contributed by atoms with E-state index in [1.165, 1.54) is 35.9 Å². The van der Waals surface area contributed by atoms with E-state index in [0.717, 1.165) is 12.0 Å². The number of hydrogen-bond acceptors (Lipinski definition) is 4. The molecule has 3 aromatic rings. The van der Waals surface area contributed by atoms with Crippen LogP contribution < -0.4 is 14.8 Å². The molecule has 0 aromatic heterocycles. The minimum Gasteiger partial charge on any atom is -0.495 e. The van der Waals surface area contributed by atoms with Gasteiger partial charge in [0, 0.05) is 16.8 Å². The van der Waals surface area contributed by atoms with E-state index in [-0.39, 0.29) is 16.2 Å². The van der Waals surface area contributed by atoms with Crippen molar-refractivity contribution in [3.05, 3.63) is 77.4 Å². The lowest BCUT2D eigenvalue weighted by Gasteiger charge is -2.21. The fraction of sp³-hybridized carbons (Fsp3) is 0.240. The molecular weight excluding hydrogens is 424 g/mol. The Kier molecular flexibility index (Phi) is 5.56. The molecule has 0 atom stereocenters. The first-order valence-corrected chi connectivity index (χ1v) is 11.8. The summed E-state index contributed by atoms with van der Waals surface area (Å²) in [5.74, 6) is -0.224. The number of carbonyl (C=O) groups excluding carboxylic acids is 1. The van der Waals surface area contributed by atoms with Crippen LogP contribution in [0.1, 0.15) is 42.3 Å². The maximum Gasteiger partial charge on any atom is 0.255 e. The SMILES string of the molecule is COc1ccc(C(=O)Nc2ccc3c(c2)-c2ccccc2C3)cc1S(=O)(=O)NC(C)(C)C. The molecule has 7 heteroatoms. The van der Waals surface area contributed by atoms with E-state index in [4.69, 9.17) is 4.74 Å². The number of anilines is 1. The summed E-state index contributed by atoms with van der Waals surface area (Å²) in [7, 11) is -2.49. The quantitative estimate of drug-likeness (QED) is 0.466. The van der Waals surface area contributed by atoms with Gasteiger partial charge in [-0.1, -0.05) is 30.3 Å². The van der Waals surface area contributed by atoms with Gasteiger partial charge in [0.2, 0.25) is 10.0 Å². The number of fused-ring (bicyclic) bond motifs is 3. The minimum atomic E-state index is -3.89. The summed E-state index contributed by atoms with van der Waals surface area (Å²) >= 11 is 0. The molecule has 166 valence electrons. The lowest BCUT2D eigenvalue weighted by molar-refractivity contribution is 0.102. The average Bonchev–Trinajstić information content (AvgIpc) is 3.09. The van der Waals surface area contributed by atoms with Crippen molar-refractivity contribution >= 4 is 21.6 Å². The zero-order chi connectivity index (χ0) is 23.1. The maximum absolute atomic E-state index is 13.0. The Bertz CT molecular complexity index is 1310. The number of benzene rings is 3. The molecular formula is C25H26N2O4S. The maximum atomic E-state index is 13.0. The van der Waals surface area contributed by atoms with Crippen molar-refractivity contribution in [3.8, 4) is 16.9 Å². The Balaban J connectivity index is 1.63. The monoisotopic (exact) mass is 450 g/mol. The Morgan fingerprint density at radius 1 is 0.938 bits per heavy atom. The summed E-state index contributed by atoms with van der Waals surface area (Å²) in [6, 6.07) is 18.4. The van der Waals surface area contributed by atoms with E-state index in [2.05, 4.69) is 22.2 Å². The molecule has 4 rings (SSSR count). The normalized spacial score (nSPS) is 12.8. The summed E-state index contributed by atoms with van der Waals surface area (Å²) < 4.78 is 33.6. The number of carbonyl (C=O) groups is 1. The molecule has 1 amide bonds. The van der Waals surface area contributed by atoms with E-state index < -0.39 is 21.5 Å². The van der Waals surface area contributed by atoms with Gasteiger partial charge in [-0.05, 0) is 79.8 Å². The predicted octanol–water partition coefficient (Wildman–Crippen LogP) is 4.60. The van der Waals surface area contributed by atoms with Gasteiger partial charge in [0.05, 0.1) is 7.11 Å². The largest absolute Gasteiger partial charge is 0.495 e. The third-order valence-corrected chi connectivity index (χ3v) is 6.99. The second-order valence-corrected chi connectivity index (χ2v) is 10.5. The molecule has 0 unspecified atom stereocenters. The van der Waals surface area contributed by atoms with Crippen LogP contribution in [0, 0.1) is 0 Å². The molecule has 0 spiro atoms. The topological polar surface area (TPSA) is 84.5 Å². The number of nitrogens with one attached hydrogen (secondary N) is 2. The summed E-state index contributed by atoms with van der Waals surface area (Å²) in [5, 5.41) is 2.89. The van der Waals surface area contributed by atoms with Gasteiger partial charge >= 0.3 is 0 Å². The molecule has 1 aliphatic rings. The van der Waals surface area contributed by atoms with Crippen LogP contribution >= 0.6 is 0 Å². The zero-order valence-corrected chi connectivity index (χ0v) is 19.3. The smallest absolute Gasteiger partial charge is 0.255 e. The highest BCUT2D eigenvalue weighted by molar-refractivity contribution is 7.89. The molecule has 32 heavy (non-hydrogen) atoms. The number of ether oxygens (including phenoxy) is 1. The van der Waals surface area contributed by atoms with Gasteiger partial charge in [0.25, 0.3) is 5.91 Å². The summed E-state index contributed by atoms with van der Waals surface area (Å²) in [6.45, 7) is 5.25. The second-order valence-electron chi connectivity index (χ2n) is 8.88. The molecule has 6 nitrogen and oxygen atoms in total. The average molecular weight is 451 g/mol. The number of sulfonamides is 1. The molecule has 0 fully saturated rings. The lowest BCUT2D eigenvalue weighted by Crippen LogP contribution is -2.40. The highest BCUT2D eigenvalue weighted by atomic mass is 32.2. The van der Waals surface area contributed by atoms with Gasteiger partial charge in [-0.15, -0.1) is 0 Å². The van der Waals surface area contributed by atoms with Crippen LogP contribution in [0.3, 0.4) is 0 Å². The fourth-order valence-electron chi connectivity index (χ4n) is 3.89. The minimum absolute atomic E-state index is 0.0783. The van der Waals surface area contributed by atoms with E-state index in [1.54, 1.807) is 26.8 Å². The predicted molar refractivity (Wildman–Crippen MR) is 126 cm³/mol. The van der Waals surface area contributed by atoms with Crippen LogP contribution in [0.2, 0.25) is 0 Å². The number of rotatable bonds is 5. The third kappa shape index (κ3) is 4.40. The van der Waals surface area contributed by atoms with Crippen molar-refractivity contribution in [1.82, 2.24) is 4.72 Å². The molecule has 0 heterocycles. The highest BCUT2D eigenvalue weighted by Crippen LogP contribution is 2.38. The van der Waals surface area contributed by atoms with Crippen molar-refractivity contribution in [1.29, 1.82) is 0 Å². The molecule has 3 aromatic carbocycles. The molecule has 0 saturated heterocycles. The Morgan fingerprint density at radius 2 is 1.66 bits per heavy atom. The number of methoxy groups -OCH3 is 1.